The van der Waals surface area contributed by atoms with Crippen LogP contribution in [0.3, 0.4) is 0 Å². The Balaban J connectivity index is 2.00. The van der Waals surface area contributed by atoms with E-state index >= 15 is 0 Å². The minimum absolute atomic E-state index is 0.308. The van der Waals surface area contributed by atoms with Crippen LogP contribution in [0.5, 0.6) is 0 Å². The van der Waals surface area contributed by atoms with Crippen LogP contribution in [0.2, 0.25) is 0 Å². The molecule has 86 valence electrons. The molecule has 0 aliphatic rings. The number of nitrogens with zero attached hydrogens (tertiary/aromatic N) is 2. The molecular weight excluding hydrogens is 247 g/mol. The lowest BCUT2D eigenvalue weighted by Crippen LogP contribution is -1.83. The van der Waals surface area contributed by atoms with Gasteiger partial charge in [0.25, 0.3) is 0 Å². The molecular formula is C14H7FN2S. The third-order valence-electron chi connectivity index (χ3n) is 2.40. The SMILES string of the molecule is Fc1ccccc1C#Cc1cnc2ncsc2c1. The highest BCUT2D eigenvalue weighted by Crippen LogP contribution is 2.16. The molecule has 4 heteroatoms. The van der Waals surface area contributed by atoms with Crippen molar-refractivity contribution in [2.75, 3.05) is 0 Å². The second kappa shape index (κ2) is 4.55. The van der Waals surface area contributed by atoms with Gasteiger partial charge in [0.15, 0.2) is 5.65 Å². The van der Waals surface area contributed by atoms with Crippen molar-refractivity contribution >= 4 is 21.7 Å². The molecule has 0 unspecified atom stereocenters. The second-order valence-corrected chi connectivity index (χ2v) is 4.51. The van der Waals surface area contributed by atoms with Crippen molar-refractivity contribution in [1.29, 1.82) is 0 Å². The van der Waals surface area contributed by atoms with E-state index in [4.69, 9.17) is 0 Å². The predicted octanol–water partition coefficient (Wildman–Crippen LogP) is 3.23. The van der Waals surface area contributed by atoms with Crippen molar-refractivity contribution < 1.29 is 4.39 Å². The molecule has 0 bridgehead atoms. The number of rotatable bonds is 0. The first-order valence-corrected chi connectivity index (χ1v) is 6.17. The Morgan fingerprint density at radius 2 is 2.00 bits per heavy atom. The third-order valence-corrected chi connectivity index (χ3v) is 3.17. The molecule has 0 atom stereocenters. The molecule has 0 N–H and O–H groups in total. The van der Waals surface area contributed by atoms with Gasteiger partial charge in [0.2, 0.25) is 0 Å². The summed E-state index contributed by atoms with van der Waals surface area (Å²) in [6, 6.07) is 8.37. The average molecular weight is 254 g/mol. The van der Waals surface area contributed by atoms with E-state index in [1.165, 1.54) is 17.4 Å². The summed E-state index contributed by atoms with van der Waals surface area (Å²) in [5.74, 6) is 5.41. The van der Waals surface area contributed by atoms with E-state index in [0.29, 0.717) is 5.56 Å². The first kappa shape index (κ1) is 10.9. The Hall–Kier alpha value is -2.25. The third kappa shape index (κ3) is 2.08. The van der Waals surface area contributed by atoms with Crippen LogP contribution in [0.25, 0.3) is 10.3 Å². The zero-order valence-corrected chi connectivity index (χ0v) is 10.0. The fourth-order valence-electron chi connectivity index (χ4n) is 1.52. The highest BCUT2D eigenvalue weighted by molar-refractivity contribution is 7.16. The van der Waals surface area contributed by atoms with Crippen LogP contribution in [-0.2, 0) is 0 Å². The monoisotopic (exact) mass is 254 g/mol. The van der Waals surface area contributed by atoms with Crippen LogP contribution in [0, 0.1) is 17.7 Å². The summed E-state index contributed by atoms with van der Waals surface area (Å²) in [4.78, 5) is 8.27. The molecule has 2 nitrogen and oxygen atoms in total. The van der Waals surface area contributed by atoms with Gasteiger partial charge in [-0.25, -0.2) is 14.4 Å². The zero-order chi connectivity index (χ0) is 12.4. The highest BCUT2D eigenvalue weighted by Gasteiger charge is 1.98. The number of hydrogen-bond donors (Lipinski definition) is 0. The van der Waals surface area contributed by atoms with Gasteiger partial charge in [-0.15, -0.1) is 11.3 Å². The number of aromatic nitrogens is 2. The zero-order valence-electron chi connectivity index (χ0n) is 9.22. The molecule has 0 amide bonds. The molecule has 0 fully saturated rings. The van der Waals surface area contributed by atoms with Gasteiger partial charge in [-0.3, -0.25) is 0 Å². The number of halogens is 1. The van der Waals surface area contributed by atoms with Crippen molar-refractivity contribution in [1.82, 2.24) is 9.97 Å². The van der Waals surface area contributed by atoms with Gasteiger partial charge in [0.05, 0.1) is 15.8 Å². The lowest BCUT2D eigenvalue weighted by molar-refractivity contribution is 0.624. The summed E-state index contributed by atoms with van der Waals surface area (Å²) < 4.78 is 14.4. The van der Waals surface area contributed by atoms with Crippen LogP contribution in [-0.4, -0.2) is 9.97 Å². The minimum Gasteiger partial charge on any atom is -0.235 e. The number of fused-ring (bicyclic) bond motifs is 1. The molecule has 0 aliphatic heterocycles. The summed E-state index contributed by atoms with van der Waals surface area (Å²) in [6.45, 7) is 0. The van der Waals surface area contributed by atoms with E-state index < -0.39 is 0 Å². The van der Waals surface area contributed by atoms with Gasteiger partial charge in [-0.2, -0.15) is 0 Å². The quantitative estimate of drug-likeness (QED) is 0.576. The molecule has 2 heterocycles. The maximum atomic E-state index is 13.4. The molecule has 0 saturated carbocycles. The number of pyridine rings is 1. The van der Waals surface area contributed by atoms with Crippen molar-refractivity contribution in [3.8, 4) is 11.8 Å². The average Bonchev–Trinajstić information content (AvgIpc) is 2.85. The van der Waals surface area contributed by atoms with E-state index in [1.807, 2.05) is 6.07 Å². The fourth-order valence-corrected chi connectivity index (χ4v) is 2.20. The van der Waals surface area contributed by atoms with Gasteiger partial charge >= 0.3 is 0 Å². The van der Waals surface area contributed by atoms with Crippen molar-refractivity contribution in [3.63, 3.8) is 0 Å². The molecule has 0 saturated heterocycles. The van der Waals surface area contributed by atoms with E-state index in [1.54, 1.807) is 29.9 Å². The van der Waals surface area contributed by atoms with Gasteiger partial charge in [-0.1, -0.05) is 24.0 Å². The maximum Gasteiger partial charge on any atom is 0.170 e. The van der Waals surface area contributed by atoms with Crippen molar-refractivity contribution in [2.24, 2.45) is 0 Å². The molecule has 3 rings (SSSR count). The van der Waals surface area contributed by atoms with Gasteiger partial charge in [0.1, 0.15) is 5.82 Å². The largest absolute Gasteiger partial charge is 0.235 e. The van der Waals surface area contributed by atoms with Crippen molar-refractivity contribution in [2.45, 2.75) is 0 Å². The first-order chi connectivity index (χ1) is 8.83. The van der Waals surface area contributed by atoms with E-state index in [0.717, 1.165) is 15.9 Å². The predicted molar refractivity (Wildman–Crippen MR) is 69.8 cm³/mol. The summed E-state index contributed by atoms with van der Waals surface area (Å²) in [6.07, 6.45) is 1.65. The fraction of sp³-hybridized carbons (Fsp3) is 0. The molecule has 18 heavy (non-hydrogen) atoms. The summed E-state index contributed by atoms with van der Waals surface area (Å²) in [5, 5.41) is 0. The van der Waals surface area contributed by atoms with E-state index in [-0.39, 0.29) is 5.82 Å². The number of thiazole rings is 1. The van der Waals surface area contributed by atoms with Crippen LogP contribution in [0.15, 0.2) is 42.0 Å². The Morgan fingerprint density at radius 1 is 1.11 bits per heavy atom. The van der Waals surface area contributed by atoms with Gasteiger partial charge in [0, 0.05) is 11.8 Å². The first-order valence-electron chi connectivity index (χ1n) is 5.29. The second-order valence-electron chi connectivity index (χ2n) is 3.63. The van der Waals surface area contributed by atoms with Gasteiger partial charge < -0.3 is 0 Å². The van der Waals surface area contributed by atoms with E-state index in [2.05, 4.69) is 21.8 Å². The van der Waals surface area contributed by atoms with Crippen molar-refractivity contribution in [3.05, 3.63) is 59.0 Å². The summed E-state index contributed by atoms with van der Waals surface area (Å²) >= 11 is 1.51. The van der Waals surface area contributed by atoms with Crippen LogP contribution in [0.4, 0.5) is 4.39 Å². The molecule has 0 aliphatic carbocycles. The number of hydrogen-bond acceptors (Lipinski definition) is 3. The Bertz CT molecular complexity index is 768. The lowest BCUT2D eigenvalue weighted by Gasteiger charge is -1.92. The molecule has 3 aromatic rings. The summed E-state index contributed by atoms with van der Waals surface area (Å²) in [7, 11) is 0. The van der Waals surface area contributed by atoms with E-state index in [9.17, 15) is 4.39 Å². The molecule has 1 aromatic carbocycles. The summed E-state index contributed by atoms with van der Waals surface area (Å²) in [5.41, 5.74) is 3.61. The number of benzene rings is 1. The van der Waals surface area contributed by atoms with Crippen LogP contribution >= 0.6 is 11.3 Å². The normalized spacial score (nSPS) is 10.1. The Morgan fingerprint density at radius 3 is 2.89 bits per heavy atom. The smallest absolute Gasteiger partial charge is 0.170 e. The van der Waals surface area contributed by atoms with Gasteiger partial charge in [-0.05, 0) is 18.2 Å². The Labute approximate surface area is 107 Å². The van der Waals surface area contributed by atoms with Crippen LogP contribution in [0.1, 0.15) is 11.1 Å². The maximum absolute atomic E-state index is 13.4. The highest BCUT2D eigenvalue weighted by atomic mass is 32.1. The Kier molecular flexibility index (Phi) is 2.75. The van der Waals surface area contributed by atoms with Crippen LogP contribution < -0.4 is 0 Å². The topological polar surface area (TPSA) is 25.8 Å². The molecule has 0 radical (unpaired) electrons. The lowest BCUT2D eigenvalue weighted by atomic mass is 10.2. The molecule has 2 aromatic heterocycles. The molecule has 0 spiro atoms. The minimum atomic E-state index is -0.308. The standard InChI is InChI=1S/C14H7FN2S/c15-12-4-2-1-3-11(12)6-5-10-7-13-14(16-8-10)17-9-18-13/h1-4,7-9H.